The summed E-state index contributed by atoms with van der Waals surface area (Å²) < 4.78 is 5.24. The molecule has 3 atom stereocenters. The Hall–Kier alpha value is -2.81. The molecule has 3 unspecified atom stereocenters. The molecule has 1 fully saturated rings. The second kappa shape index (κ2) is 9.34. The van der Waals surface area contributed by atoms with E-state index in [0.717, 1.165) is 5.92 Å². The van der Waals surface area contributed by atoms with Gasteiger partial charge >= 0.3 is 5.97 Å². The Labute approximate surface area is 178 Å². The first-order chi connectivity index (χ1) is 14.6. The van der Waals surface area contributed by atoms with Gasteiger partial charge in [0.05, 0.1) is 0 Å². The zero-order chi connectivity index (χ0) is 20.9. The minimum atomic E-state index is -0.949. The van der Waals surface area contributed by atoms with Crippen LogP contribution in [-0.4, -0.2) is 17.7 Å². The van der Waals surface area contributed by atoms with E-state index < -0.39 is 5.97 Å². The average Bonchev–Trinajstić information content (AvgIpc) is 3.25. The van der Waals surface area contributed by atoms with Crippen LogP contribution in [-0.2, 0) is 4.79 Å². The Morgan fingerprint density at radius 1 is 1.03 bits per heavy atom. The summed E-state index contributed by atoms with van der Waals surface area (Å²) >= 11 is 0. The van der Waals surface area contributed by atoms with Crippen molar-refractivity contribution in [1.82, 2.24) is 0 Å². The van der Waals surface area contributed by atoms with Crippen molar-refractivity contribution in [3.8, 4) is 5.75 Å². The lowest BCUT2D eigenvalue weighted by molar-refractivity contribution is -0.139. The standard InChI is InChI=1S/C27H30O3/c1-19(25-8-4-6-22-5-2-3-7-26(22)25)9-10-20-11-12-23(17-20)21-13-15-24(16-14-21)30-18-27(28)29/h2-8,13-16,19-20,23H,9-12,17-18H2,1H3,(H,28,29). The number of rotatable bonds is 8. The van der Waals surface area contributed by atoms with Crippen molar-refractivity contribution < 1.29 is 14.6 Å². The number of ether oxygens (including phenoxy) is 1. The van der Waals surface area contributed by atoms with Gasteiger partial charge < -0.3 is 9.84 Å². The predicted molar refractivity (Wildman–Crippen MR) is 121 cm³/mol. The lowest BCUT2D eigenvalue weighted by Crippen LogP contribution is -2.09. The molecule has 3 aromatic rings. The van der Waals surface area contributed by atoms with Gasteiger partial charge in [-0.25, -0.2) is 4.79 Å². The number of hydrogen-bond donors (Lipinski definition) is 1. The van der Waals surface area contributed by atoms with Gasteiger partial charge in [-0.15, -0.1) is 0 Å². The normalized spacial score (nSPS) is 19.6. The Balaban J connectivity index is 1.31. The molecule has 1 N–H and O–H groups in total. The second-order valence-electron chi connectivity index (χ2n) is 8.67. The van der Waals surface area contributed by atoms with Crippen LogP contribution in [0.4, 0.5) is 0 Å². The molecule has 0 radical (unpaired) electrons. The van der Waals surface area contributed by atoms with Crippen molar-refractivity contribution in [3.05, 3.63) is 77.9 Å². The Kier molecular flexibility index (Phi) is 6.37. The Bertz CT molecular complexity index is 987. The first kappa shape index (κ1) is 20.5. The minimum Gasteiger partial charge on any atom is -0.482 e. The fraction of sp³-hybridized carbons (Fsp3) is 0.370. The van der Waals surface area contributed by atoms with Crippen LogP contribution in [0.3, 0.4) is 0 Å². The number of aliphatic carboxylic acids is 1. The molecular formula is C27H30O3. The summed E-state index contributed by atoms with van der Waals surface area (Å²) in [7, 11) is 0. The molecular weight excluding hydrogens is 372 g/mol. The topological polar surface area (TPSA) is 46.5 Å². The summed E-state index contributed by atoms with van der Waals surface area (Å²) in [5, 5.41) is 11.4. The number of hydrogen-bond acceptors (Lipinski definition) is 2. The van der Waals surface area contributed by atoms with Crippen LogP contribution in [0.15, 0.2) is 66.7 Å². The molecule has 0 heterocycles. The summed E-state index contributed by atoms with van der Waals surface area (Å²) in [5.74, 6) is 1.64. The highest BCUT2D eigenvalue weighted by Crippen LogP contribution is 2.42. The molecule has 3 aromatic carbocycles. The van der Waals surface area contributed by atoms with E-state index in [1.54, 1.807) is 0 Å². The van der Waals surface area contributed by atoms with E-state index in [0.29, 0.717) is 17.6 Å². The van der Waals surface area contributed by atoms with Crippen molar-refractivity contribution in [3.63, 3.8) is 0 Å². The molecule has 1 aliphatic rings. The highest BCUT2D eigenvalue weighted by molar-refractivity contribution is 5.86. The van der Waals surface area contributed by atoms with E-state index in [1.807, 2.05) is 12.1 Å². The molecule has 0 aliphatic heterocycles. The van der Waals surface area contributed by atoms with Gasteiger partial charge in [0.25, 0.3) is 0 Å². The first-order valence-electron chi connectivity index (χ1n) is 11.0. The number of carbonyl (C=O) groups is 1. The van der Waals surface area contributed by atoms with E-state index in [4.69, 9.17) is 9.84 Å². The minimum absolute atomic E-state index is 0.292. The van der Waals surface area contributed by atoms with Crippen LogP contribution in [0.5, 0.6) is 5.75 Å². The van der Waals surface area contributed by atoms with Crippen LogP contribution < -0.4 is 4.74 Å². The maximum atomic E-state index is 10.6. The third-order valence-electron chi connectivity index (χ3n) is 6.62. The Morgan fingerprint density at radius 2 is 1.80 bits per heavy atom. The summed E-state index contributed by atoms with van der Waals surface area (Å²) in [6.07, 6.45) is 6.29. The van der Waals surface area contributed by atoms with Crippen molar-refractivity contribution in [2.24, 2.45) is 5.92 Å². The van der Waals surface area contributed by atoms with Crippen LogP contribution in [0, 0.1) is 5.92 Å². The molecule has 4 rings (SSSR count). The van der Waals surface area contributed by atoms with Crippen LogP contribution in [0.2, 0.25) is 0 Å². The van der Waals surface area contributed by atoms with Crippen molar-refractivity contribution in [2.75, 3.05) is 6.61 Å². The second-order valence-corrected chi connectivity index (χ2v) is 8.67. The molecule has 30 heavy (non-hydrogen) atoms. The summed E-state index contributed by atoms with van der Waals surface area (Å²) in [6, 6.07) is 23.4. The molecule has 0 spiro atoms. The van der Waals surface area contributed by atoms with E-state index in [-0.39, 0.29) is 6.61 Å². The van der Waals surface area contributed by atoms with Gasteiger partial charge in [0, 0.05) is 0 Å². The van der Waals surface area contributed by atoms with E-state index in [2.05, 4.69) is 61.5 Å². The van der Waals surface area contributed by atoms with Crippen LogP contribution in [0.1, 0.15) is 62.0 Å². The number of fused-ring (bicyclic) bond motifs is 1. The largest absolute Gasteiger partial charge is 0.482 e. The highest BCUT2D eigenvalue weighted by Gasteiger charge is 2.26. The molecule has 0 aromatic heterocycles. The van der Waals surface area contributed by atoms with Gasteiger partial charge in [-0.05, 0) is 83.9 Å². The van der Waals surface area contributed by atoms with Crippen molar-refractivity contribution in [1.29, 1.82) is 0 Å². The van der Waals surface area contributed by atoms with E-state index >= 15 is 0 Å². The molecule has 1 aliphatic carbocycles. The lowest BCUT2D eigenvalue weighted by Gasteiger charge is -2.18. The molecule has 0 bridgehead atoms. The fourth-order valence-electron chi connectivity index (χ4n) is 4.94. The zero-order valence-corrected chi connectivity index (χ0v) is 17.6. The molecule has 0 amide bonds. The molecule has 156 valence electrons. The zero-order valence-electron chi connectivity index (χ0n) is 17.6. The smallest absolute Gasteiger partial charge is 0.341 e. The maximum Gasteiger partial charge on any atom is 0.341 e. The molecule has 0 saturated heterocycles. The van der Waals surface area contributed by atoms with E-state index in [9.17, 15) is 4.79 Å². The summed E-state index contributed by atoms with van der Waals surface area (Å²) in [5.41, 5.74) is 2.82. The third kappa shape index (κ3) is 4.84. The van der Waals surface area contributed by atoms with Crippen molar-refractivity contribution >= 4 is 16.7 Å². The summed E-state index contributed by atoms with van der Waals surface area (Å²) in [6.45, 7) is 2.07. The Morgan fingerprint density at radius 3 is 2.60 bits per heavy atom. The maximum absolute atomic E-state index is 10.6. The van der Waals surface area contributed by atoms with E-state index in [1.165, 1.54) is 54.0 Å². The lowest BCUT2D eigenvalue weighted by atomic mass is 9.87. The third-order valence-corrected chi connectivity index (χ3v) is 6.62. The SMILES string of the molecule is CC(CCC1CCC(c2ccc(OCC(=O)O)cc2)C1)c1cccc2ccccc12. The number of carboxylic acids is 1. The van der Waals surface area contributed by atoms with Gasteiger partial charge in [0.1, 0.15) is 5.75 Å². The number of carboxylic acid groups (broad SMARTS) is 1. The predicted octanol–water partition coefficient (Wildman–Crippen LogP) is 6.77. The first-order valence-corrected chi connectivity index (χ1v) is 11.0. The van der Waals surface area contributed by atoms with Gasteiger partial charge in [0.2, 0.25) is 0 Å². The highest BCUT2D eigenvalue weighted by atomic mass is 16.5. The average molecular weight is 403 g/mol. The molecule has 3 nitrogen and oxygen atoms in total. The van der Waals surface area contributed by atoms with Gasteiger partial charge in [-0.1, -0.05) is 61.5 Å². The monoisotopic (exact) mass is 402 g/mol. The van der Waals surface area contributed by atoms with Gasteiger partial charge in [-0.2, -0.15) is 0 Å². The quantitative estimate of drug-likeness (QED) is 0.452. The molecule has 1 saturated carbocycles. The van der Waals surface area contributed by atoms with Crippen LogP contribution >= 0.6 is 0 Å². The number of benzene rings is 3. The molecule has 3 heteroatoms. The van der Waals surface area contributed by atoms with Gasteiger partial charge in [0.15, 0.2) is 6.61 Å². The van der Waals surface area contributed by atoms with Crippen molar-refractivity contribution in [2.45, 2.75) is 50.9 Å². The summed E-state index contributed by atoms with van der Waals surface area (Å²) in [4.78, 5) is 10.6. The van der Waals surface area contributed by atoms with Crippen LogP contribution in [0.25, 0.3) is 10.8 Å². The van der Waals surface area contributed by atoms with Gasteiger partial charge in [-0.3, -0.25) is 0 Å². The fourth-order valence-corrected chi connectivity index (χ4v) is 4.94.